The third-order valence-electron chi connectivity index (χ3n) is 2.70. The van der Waals surface area contributed by atoms with Crippen molar-refractivity contribution in [2.24, 2.45) is 5.84 Å². The van der Waals surface area contributed by atoms with Crippen LogP contribution in [0.1, 0.15) is 19.4 Å². The molecule has 0 fully saturated rings. The molecule has 4 nitrogen and oxygen atoms in total. The molecular weight excluding hydrogens is 340 g/mol. The van der Waals surface area contributed by atoms with Crippen molar-refractivity contribution in [3.8, 4) is 5.75 Å². The molecule has 0 heterocycles. The van der Waals surface area contributed by atoms with Gasteiger partial charge in [-0.15, -0.1) is 0 Å². The third kappa shape index (κ3) is 4.14. The zero-order valence-corrected chi connectivity index (χ0v) is 13.1. The van der Waals surface area contributed by atoms with Gasteiger partial charge in [-0.25, -0.2) is 10.9 Å². The molecule has 0 saturated heterocycles. The van der Waals surface area contributed by atoms with E-state index in [9.17, 15) is 22.4 Å². The number of rotatable bonds is 6. The van der Waals surface area contributed by atoms with Crippen LogP contribution in [0.5, 0.6) is 5.75 Å². The van der Waals surface area contributed by atoms with Crippen LogP contribution in [-0.2, 0) is 4.79 Å². The molecule has 0 aliphatic rings. The predicted octanol–water partition coefficient (Wildman–Crippen LogP) is 3.79. The lowest BCUT2D eigenvalue weighted by Crippen LogP contribution is -2.54. The van der Waals surface area contributed by atoms with E-state index >= 15 is 0 Å². The van der Waals surface area contributed by atoms with Gasteiger partial charge in [0.1, 0.15) is 5.75 Å². The van der Waals surface area contributed by atoms with Crippen molar-refractivity contribution in [2.45, 2.75) is 31.3 Å². The second-order valence-electron chi connectivity index (χ2n) is 4.84. The number of benzene rings is 1. The molecule has 1 aromatic carbocycles. The topological polar surface area (TPSA) is 55.6 Å². The van der Waals surface area contributed by atoms with E-state index in [1.54, 1.807) is 13.8 Å². The fourth-order valence-corrected chi connectivity index (χ4v) is 1.68. The lowest BCUT2D eigenvalue weighted by Gasteiger charge is -2.25. The fourth-order valence-electron chi connectivity index (χ4n) is 1.60. The van der Waals surface area contributed by atoms with Crippen LogP contribution in [0.15, 0.2) is 24.8 Å². The number of nitrogens with two attached hydrogens (primary N) is 1. The van der Waals surface area contributed by atoms with E-state index in [2.05, 4.69) is 18.2 Å². The fraction of sp³-hybridized carbons (Fsp3) is 0.357. The summed E-state index contributed by atoms with van der Waals surface area (Å²) in [4.78, 5) is 11.5. The van der Waals surface area contributed by atoms with Crippen molar-refractivity contribution in [1.82, 2.24) is 0 Å². The summed E-state index contributed by atoms with van der Waals surface area (Å²) in [5.41, 5.74) is 0.0991. The van der Waals surface area contributed by atoms with Crippen LogP contribution in [0, 0.1) is 0 Å². The van der Waals surface area contributed by atoms with Crippen molar-refractivity contribution in [2.75, 3.05) is 5.01 Å². The number of amides is 1. The van der Waals surface area contributed by atoms with Crippen LogP contribution in [0.4, 0.5) is 23.2 Å². The molecule has 2 N–H and O–H groups in total. The van der Waals surface area contributed by atoms with E-state index < -0.39 is 17.2 Å². The summed E-state index contributed by atoms with van der Waals surface area (Å²) in [6.45, 7) is 7.05. The second-order valence-corrected chi connectivity index (χ2v) is 5.31. The monoisotopic (exact) mass is 354 g/mol. The van der Waals surface area contributed by atoms with Gasteiger partial charge in [0.2, 0.25) is 0 Å². The summed E-state index contributed by atoms with van der Waals surface area (Å²) >= 11 is 4.27. The Morgan fingerprint density at radius 3 is 2.39 bits per heavy atom. The molecule has 1 amide bonds. The van der Waals surface area contributed by atoms with Crippen LogP contribution >= 0.6 is 11.6 Å². The van der Waals surface area contributed by atoms with Gasteiger partial charge >= 0.3 is 17.2 Å². The molecule has 1 aromatic rings. The first kappa shape index (κ1) is 19.2. The Kier molecular flexibility index (Phi) is 5.65. The van der Waals surface area contributed by atoms with Gasteiger partial charge in [0.05, 0.1) is 11.8 Å². The molecule has 0 aliphatic carbocycles. The maximum atomic E-state index is 13.3. The lowest BCUT2D eigenvalue weighted by molar-refractivity contribution is -0.178. The zero-order valence-electron chi connectivity index (χ0n) is 12.3. The molecule has 0 aliphatic heterocycles. The van der Waals surface area contributed by atoms with Crippen LogP contribution in [0.2, 0.25) is 0 Å². The number of halogens is 5. The molecule has 0 saturated carbocycles. The first-order valence-electron chi connectivity index (χ1n) is 6.38. The number of carbonyl (C=O) groups excluding carboxylic acids is 1. The molecule has 0 bridgehead atoms. The largest absolute Gasteiger partial charge is 0.490 e. The normalized spacial score (nSPS) is 12.2. The van der Waals surface area contributed by atoms with Gasteiger partial charge in [0.25, 0.3) is 0 Å². The molecule has 1 rings (SSSR count). The number of alkyl halides is 5. The number of hydrogen-bond acceptors (Lipinski definition) is 3. The lowest BCUT2D eigenvalue weighted by atomic mass is 10.1. The first-order chi connectivity index (χ1) is 10.4. The van der Waals surface area contributed by atoms with Crippen molar-refractivity contribution >= 4 is 29.3 Å². The Balaban J connectivity index is 3.16. The van der Waals surface area contributed by atoms with Gasteiger partial charge in [0, 0.05) is 5.56 Å². The van der Waals surface area contributed by atoms with E-state index in [1.165, 1.54) is 24.3 Å². The summed E-state index contributed by atoms with van der Waals surface area (Å²) < 4.78 is 57.4. The van der Waals surface area contributed by atoms with Gasteiger partial charge in [0.15, 0.2) is 0 Å². The number of anilines is 1. The van der Waals surface area contributed by atoms with Crippen molar-refractivity contribution in [3.63, 3.8) is 0 Å². The molecule has 0 atom stereocenters. The quantitative estimate of drug-likeness (QED) is 0.278. The Morgan fingerprint density at radius 1 is 1.39 bits per heavy atom. The van der Waals surface area contributed by atoms with Gasteiger partial charge in [-0.3, -0.25) is 4.79 Å². The zero-order chi connectivity index (χ0) is 18.0. The average Bonchev–Trinajstić information content (AvgIpc) is 2.44. The highest BCUT2D eigenvalue weighted by Crippen LogP contribution is 2.39. The molecule has 0 spiro atoms. The van der Waals surface area contributed by atoms with E-state index in [1.807, 2.05) is 0 Å². The van der Waals surface area contributed by atoms with E-state index in [0.29, 0.717) is 11.3 Å². The Morgan fingerprint density at radius 2 is 1.96 bits per heavy atom. The van der Waals surface area contributed by atoms with E-state index in [4.69, 9.17) is 10.6 Å². The maximum Gasteiger partial charge on any atom is 0.402 e. The van der Waals surface area contributed by atoms with Crippen LogP contribution in [0.3, 0.4) is 0 Å². The predicted molar refractivity (Wildman–Crippen MR) is 79.7 cm³/mol. The Labute approximate surface area is 135 Å². The Bertz CT molecular complexity index is 603. The minimum absolute atomic E-state index is 0.0948. The van der Waals surface area contributed by atoms with Crippen molar-refractivity contribution in [1.29, 1.82) is 0 Å². The second kappa shape index (κ2) is 6.76. The number of ether oxygens (including phenoxy) is 1. The first-order valence-corrected chi connectivity index (χ1v) is 6.76. The molecule has 0 aromatic heterocycles. The highest BCUT2D eigenvalue weighted by Gasteiger charge is 2.62. The Hall–Kier alpha value is -1.80. The molecule has 0 radical (unpaired) electrons. The van der Waals surface area contributed by atoms with Crippen LogP contribution < -0.4 is 15.6 Å². The maximum absolute atomic E-state index is 13.3. The minimum atomic E-state index is -5.16. The molecule has 128 valence electrons. The highest BCUT2D eigenvalue weighted by molar-refractivity contribution is 6.24. The number of hydrazine groups is 1. The van der Waals surface area contributed by atoms with E-state index in [0.717, 1.165) is 0 Å². The molecule has 0 unspecified atom stereocenters. The SMILES string of the molecule is C=Cc1cc(N(N)C(=O)C(F)(F)C(F)(F)Cl)ccc1OC(C)C. The molecule has 23 heavy (non-hydrogen) atoms. The third-order valence-corrected chi connectivity index (χ3v) is 2.93. The van der Waals surface area contributed by atoms with Gasteiger partial charge in [-0.05, 0) is 43.6 Å². The summed E-state index contributed by atoms with van der Waals surface area (Å²) in [5.74, 6) is -1.90. The van der Waals surface area contributed by atoms with Gasteiger partial charge in [-0.2, -0.15) is 17.6 Å². The number of hydrogen-bond donors (Lipinski definition) is 1. The molecular formula is C14H15ClF4N2O2. The standard InChI is InChI=1S/C14H15ClF4N2O2/c1-4-9-7-10(5-6-11(9)23-8(2)3)21(20)12(22)13(16,17)14(15,18)19/h4-8H,1,20H2,2-3H3. The summed E-state index contributed by atoms with van der Waals surface area (Å²) in [6.07, 6.45) is 1.17. The van der Waals surface area contributed by atoms with Gasteiger partial charge < -0.3 is 4.74 Å². The number of carbonyl (C=O) groups is 1. The average molecular weight is 355 g/mol. The smallest absolute Gasteiger partial charge is 0.402 e. The van der Waals surface area contributed by atoms with Crippen molar-refractivity contribution < 1.29 is 27.1 Å². The number of nitrogens with zero attached hydrogens (tertiary/aromatic N) is 1. The minimum Gasteiger partial charge on any atom is -0.490 e. The van der Waals surface area contributed by atoms with Crippen molar-refractivity contribution in [3.05, 3.63) is 30.3 Å². The van der Waals surface area contributed by atoms with Gasteiger partial charge in [-0.1, -0.05) is 12.7 Å². The highest BCUT2D eigenvalue weighted by atomic mass is 35.5. The summed E-state index contributed by atoms with van der Waals surface area (Å²) in [5, 5.41) is -5.16. The van der Waals surface area contributed by atoms with Crippen LogP contribution in [-0.4, -0.2) is 23.3 Å². The van der Waals surface area contributed by atoms with Crippen LogP contribution in [0.25, 0.3) is 6.08 Å². The summed E-state index contributed by atoms with van der Waals surface area (Å²) in [7, 11) is 0. The molecule has 9 heteroatoms. The summed E-state index contributed by atoms with van der Waals surface area (Å²) in [6, 6.07) is 3.73. The van der Waals surface area contributed by atoms with E-state index in [-0.39, 0.29) is 16.8 Å².